The number of rotatable bonds is 1. The summed E-state index contributed by atoms with van der Waals surface area (Å²) in [6.45, 7) is 8.91. The van der Waals surface area contributed by atoms with Crippen molar-refractivity contribution in [2.45, 2.75) is 96.6 Å². The molecule has 1 heterocycles. The molecule has 2 N–H and O–H groups in total. The van der Waals surface area contributed by atoms with Gasteiger partial charge in [-0.05, 0) is 101 Å². The average molecular weight is 393 g/mol. The molecule has 8 atom stereocenters. The van der Waals surface area contributed by atoms with E-state index in [1.165, 1.54) is 6.42 Å². The molecule has 0 radical (unpaired) electrons. The standard InChI is InChI=1S/C23H36O5/c1-19(2)27-13-23(28-19)10-9-22-12-15(23)11-14(22)5-6-16-20(22,3)8-7-17(24)21(16,4)18(25)26/h14-17,24H,5-13H2,1-4H3,(H,25,26). The van der Waals surface area contributed by atoms with Gasteiger partial charge in [0.25, 0.3) is 0 Å². The molecule has 0 aromatic rings. The maximum Gasteiger partial charge on any atom is 0.312 e. The Bertz CT molecular complexity index is 705. The lowest BCUT2D eigenvalue weighted by Gasteiger charge is -2.65. The Kier molecular flexibility index (Phi) is 3.81. The van der Waals surface area contributed by atoms with E-state index in [9.17, 15) is 15.0 Å². The maximum absolute atomic E-state index is 12.3. The zero-order valence-electron chi connectivity index (χ0n) is 17.8. The van der Waals surface area contributed by atoms with Crippen molar-refractivity contribution in [3.63, 3.8) is 0 Å². The fraction of sp³-hybridized carbons (Fsp3) is 0.957. The van der Waals surface area contributed by atoms with Gasteiger partial charge in [0, 0.05) is 0 Å². The third-order valence-electron chi connectivity index (χ3n) is 10.3. The summed E-state index contributed by atoms with van der Waals surface area (Å²) in [6, 6.07) is 0. The average Bonchev–Trinajstić information content (AvgIpc) is 3.12. The predicted molar refractivity (Wildman–Crippen MR) is 104 cm³/mol. The zero-order chi connectivity index (χ0) is 20.2. The summed E-state index contributed by atoms with van der Waals surface area (Å²) >= 11 is 0. The number of aliphatic hydroxyl groups excluding tert-OH is 1. The molecule has 1 aliphatic heterocycles. The molecule has 2 spiro atoms. The predicted octanol–water partition coefficient (Wildman–Crippen LogP) is 3.98. The highest BCUT2D eigenvalue weighted by molar-refractivity contribution is 5.76. The van der Waals surface area contributed by atoms with Crippen molar-refractivity contribution in [2.75, 3.05) is 6.61 Å². The molecular formula is C23H36O5. The Hall–Kier alpha value is -0.650. The summed E-state index contributed by atoms with van der Waals surface area (Å²) in [4.78, 5) is 12.3. The van der Waals surface area contributed by atoms with Crippen molar-refractivity contribution in [2.24, 2.45) is 34.0 Å². The number of hydrogen-bond acceptors (Lipinski definition) is 4. The summed E-state index contributed by atoms with van der Waals surface area (Å²) in [6.07, 6.45) is 7.27. The Labute approximate surface area is 168 Å². The van der Waals surface area contributed by atoms with Gasteiger partial charge in [-0.2, -0.15) is 0 Å². The molecule has 0 aromatic carbocycles. The van der Waals surface area contributed by atoms with E-state index in [4.69, 9.17) is 9.47 Å². The van der Waals surface area contributed by atoms with Crippen LogP contribution in [-0.4, -0.2) is 40.3 Å². The van der Waals surface area contributed by atoms with E-state index in [0.29, 0.717) is 24.9 Å². The number of hydrogen-bond donors (Lipinski definition) is 2. The number of fused-ring (bicyclic) bond motifs is 3. The van der Waals surface area contributed by atoms with Gasteiger partial charge >= 0.3 is 5.97 Å². The van der Waals surface area contributed by atoms with Gasteiger partial charge in [-0.1, -0.05) is 6.92 Å². The van der Waals surface area contributed by atoms with E-state index in [-0.39, 0.29) is 22.3 Å². The first-order valence-corrected chi connectivity index (χ1v) is 11.2. The smallest absolute Gasteiger partial charge is 0.312 e. The van der Waals surface area contributed by atoms with Crippen LogP contribution in [0, 0.1) is 34.0 Å². The quantitative estimate of drug-likeness (QED) is 0.706. The van der Waals surface area contributed by atoms with Crippen LogP contribution in [0.1, 0.15) is 79.1 Å². The van der Waals surface area contributed by atoms with Gasteiger partial charge in [0.15, 0.2) is 5.79 Å². The molecule has 4 saturated carbocycles. The van der Waals surface area contributed by atoms with Crippen LogP contribution in [0.4, 0.5) is 0 Å². The number of ether oxygens (including phenoxy) is 2. The molecule has 4 aliphatic carbocycles. The molecule has 8 unspecified atom stereocenters. The van der Waals surface area contributed by atoms with Gasteiger partial charge in [-0.3, -0.25) is 4.79 Å². The molecule has 0 amide bonds. The van der Waals surface area contributed by atoms with Gasteiger partial charge in [-0.15, -0.1) is 0 Å². The second-order valence-corrected chi connectivity index (χ2v) is 11.5. The van der Waals surface area contributed by atoms with Crippen LogP contribution < -0.4 is 0 Å². The van der Waals surface area contributed by atoms with Gasteiger partial charge in [0.2, 0.25) is 0 Å². The zero-order valence-corrected chi connectivity index (χ0v) is 17.8. The van der Waals surface area contributed by atoms with Crippen molar-refractivity contribution in [3.05, 3.63) is 0 Å². The van der Waals surface area contributed by atoms with Crippen LogP contribution in [0.2, 0.25) is 0 Å². The Balaban J connectivity index is 1.52. The third-order valence-corrected chi connectivity index (χ3v) is 10.3. The first-order valence-electron chi connectivity index (χ1n) is 11.2. The van der Waals surface area contributed by atoms with Crippen LogP contribution in [0.3, 0.4) is 0 Å². The molecule has 5 aliphatic rings. The van der Waals surface area contributed by atoms with Crippen molar-refractivity contribution in [1.29, 1.82) is 0 Å². The summed E-state index contributed by atoms with van der Waals surface area (Å²) < 4.78 is 12.5. The van der Waals surface area contributed by atoms with E-state index >= 15 is 0 Å². The summed E-state index contributed by atoms with van der Waals surface area (Å²) in [5.74, 6) is -0.115. The van der Waals surface area contributed by atoms with Crippen LogP contribution in [0.5, 0.6) is 0 Å². The molecule has 0 aromatic heterocycles. The minimum atomic E-state index is -1.03. The molecule has 5 nitrogen and oxygen atoms in total. The third kappa shape index (κ3) is 2.11. The van der Waals surface area contributed by atoms with Crippen LogP contribution in [-0.2, 0) is 14.3 Å². The number of carbonyl (C=O) groups is 1. The Morgan fingerprint density at radius 3 is 2.39 bits per heavy atom. The molecule has 28 heavy (non-hydrogen) atoms. The van der Waals surface area contributed by atoms with Crippen molar-refractivity contribution >= 4 is 5.97 Å². The SMILES string of the molecule is CC1(C)OCC2(CCC34CC2CC3CCC2C(C)(C(=O)O)C(O)CCC24C)O1. The molecule has 5 heteroatoms. The number of aliphatic carboxylic acids is 1. The van der Waals surface area contributed by atoms with E-state index in [0.717, 1.165) is 38.5 Å². The minimum absolute atomic E-state index is 0.0202. The van der Waals surface area contributed by atoms with E-state index < -0.39 is 23.3 Å². The first kappa shape index (κ1) is 19.3. The lowest BCUT2D eigenvalue weighted by Crippen LogP contribution is -2.64. The number of carboxylic acid groups (broad SMARTS) is 1. The number of aliphatic hydroxyl groups is 1. The summed E-state index contributed by atoms with van der Waals surface area (Å²) in [5, 5.41) is 20.8. The first-order chi connectivity index (χ1) is 13.0. The maximum atomic E-state index is 12.3. The lowest BCUT2D eigenvalue weighted by atomic mass is 9.39. The highest BCUT2D eigenvalue weighted by Gasteiger charge is 2.72. The normalized spacial score (nSPS) is 57.0. The number of carboxylic acids is 1. The van der Waals surface area contributed by atoms with E-state index in [1.54, 1.807) is 0 Å². The highest BCUT2D eigenvalue weighted by atomic mass is 16.8. The monoisotopic (exact) mass is 392 g/mol. The van der Waals surface area contributed by atoms with Gasteiger partial charge in [-0.25, -0.2) is 0 Å². The second-order valence-electron chi connectivity index (χ2n) is 11.5. The summed E-state index contributed by atoms with van der Waals surface area (Å²) in [7, 11) is 0. The van der Waals surface area contributed by atoms with Gasteiger partial charge in [0.05, 0.1) is 23.7 Å². The summed E-state index contributed by atoms with van der Waals surface area (Å²) in [5.41, 5.74) is -1.01. The lowest BCUT2D eigenvalue weighted by molar-refractivity contribution is -0.222. The fourth-order valence-corrected chi connectivity index (χ4v) is 8.83. The molecule has 5 rings (SSSR count). The molecule has 158 valence electrons. The van der Waals surface area contributed by atoms with Crippen LogP contribution in [0.15, 0.2) is 0 Å². The minimum Gasteiger partial charge on any atom is -0.481 e. The fourth-order valence-electron chi connectivity index (χ4n) is 8.83. The van der Waals surface area contributed by atoms with E-state index in [2.05, 4.69) is 6.92 Å². The second kappa shape index (κ2) is 5.53. The Morgan fingerprint density at radius 2 is 1.75 bits per heavy atom. The van der Waals surface area contributed by atoms with Crippen molar-refractivity contribution < 1.29 is 24.5 Å². The van der Waals surface area contributed by atoms with E-state index in [1.807, 2.05) is 20.8 Å². The molecular weight excluding hydrogens is 356 g/mol. The topological polar surface area (TPSA) is 76.0 Å². The molecule has 1 saturated heterocycles. The Morgan fingerprint density at radius 1 is 1.00 bits per heavy atom. The van der Waals surface area contributed by atoms with Crippen LogP contribution in [0.25, 0.3) is 0 Å². The van der Waals surface area contributed by atoms with Crippen molar-refractivity contribution in [3.8, 4) is 0 Å². The largest absolute Gasteiger partial charge is 0.481 e. The molecule has 5 fully saturated rings. The van der Waals surface area contributed by atoms with Crippen molar-refractivity contribution in [1.82, 2.24) is 0 Å². The van der Waals surface area contributed by atoms with Gasteiger partial charge in [0.1, 0.15) is 0 Å². The van der Waals surface area contributed by atoms with Gasteiger partial charge < -0.3 is 19.7 Å². The molecule has 2 bridgehead atoms. The van der Waals surface area contributed by atoms with Crippen LogP contribution >= 0.6 is 0 Å². The highest BCUT2D eigenvalue weighted by Crippen LogP contribution is 2.76.